The summed E-state index contributed by atoms with van der Waals surface area (Å²) in [5, 5.41) is 0.986. The molecule has 0 aliphatic carbocycles. The summed E-state index contributed by atoms with van der Waals surface area (Å²) in [7, 11) is 0. The fourth-order valence-electron chi connectivity index (χ4n) is 2.38. The Kier molecular flexibility index (Phi) is 5.34. The molecule has 0 bridgehead atoms. The second kappa shape index (κ2) is 7.01. The van der Waals surface area contributed by atoms with Crippen LogP contribution in [0.25, 0.3) is 0 Å². The lowest BCUT2D eigenvalue weighted by Gasteiger charge is -2.21. The average molecular weight is 326 g/mol. The number of carbonyl (C=O) groups is 1. The molecule has 0 unspecified atom stereocenters. The summed E-state index contributed by atoms with van der Waals surface area (Å²) in [6, 6.07) is 3.81. The highest BCUT2D eigenvalue weighted by Gasteiger charge is 2.21. The second-order valence-electron chi connectivity index (χ2n) is 4.85. The van der Waals surface area contributed by atoms with Gasteiger partial charge in [0.25, 0.3) is 5.91 Å². The summed E-state index contributed by atoms with van der Waals surface area (Å²) in [5.74, 6) is 0.0683. The second-order valence-corrected chi connectivity index (χ2v) is 5.64. The number of alkyl halides is 1. The Bertz CT molecular complexity index is 438. The normalized spacial score (nSPS) is 17.3. The Morgan fingerprint density at radius 1 is 1.37 bits per heavy atom. The fourth-order valence-corrected chi connectivity index (χ4v) is 2.88. The minimum atomic E-state index is 0.0683. The van der Waals surface area contributed by atoms with Crippen LogP contribution < -0.4 is 0 Å². The lowest BCUT2D eigenvalue weighted by Crippen LogP contribution is -2.36. The monoisotopic (exact) mass is 325 g/mol. The van der Waals surface area contributed by atoms with Gasteiger partial charge in [-0.1, -0.05) is 22.0 Å². The number of hydrogen-bond acceptors (Lipinski definition) is 3. The molecule has 1 saturated heterocycles. The van der Waals surface area contributed by atoms with Crippen LogP contribution in [0.15, 0.2) is 18.3 Å². The van der Waals surface area contributed by atoms with Gasteiger partial charge in [-0.2, -0.15) is 0 Å². The molecule has 2 heterocycles. The summed E-state index contributed by atoms with van der Waals surface area (Å²) in [5.41, 5.74) is 1.55. The van der Waals surface area contributed by atoms with E-state index in [1.54, 1.807) is 6.20 Å². The number of halogens is 1. The fraction of sp³-hybridized carbons (Fsp3) is 0.571. The van der Waals surface area contributed by atoms with Crippen molar-refractivity contribution >= 4 is 21.8 Å². The van der Waals surface area contributed by atoms with Crippen molar-refractivity contribution in [1.29, 1.82) is 0 Å². The summed E-state index contributed by atoms with van der Waals surface area (Å²) in [4.78, 5) is 21.0. The van der Waals surface area contributed by atoms with Crippen LogP contribution in [0, 0.1) is 6.92 Å². The third-order valence-electron chi connectivity index (χ3n) is 3.49. The molecule has 0 atom stereocenters. The molecule has 1 amide bonds. The maximum absolute atomic E-state index is 12.5. The van der Waals surface area contributed by atoms with E-state index in [2.05, 4.69) is 25.8 Å². The largest absolute Gasteiger partial charge is 0.336 e. The molecule has 1 aliphatic rings. The van der Waals surface area contributed by atoms with Crippen LogP contribution >= 0.6 is 15.9 Å². The van der Waals surface area contributed by atoms with E-state index in [0.717, 1.165) is 50.0 Å². The molecule has 0 spiro atoms. The molecular weight excluding hydrogens is 306 g/mol. The van der Waals surface area contributed by atoms with Gasteiger partial charge in [-0.25, -0.2) is 0 Å². The topological polar surface area (TPSA) is 36.4 Å². The van der Waals surface area contributed by atoms with E-state index in [-0.39, 0.29) is 5.91 Å². The van der Waals surface area contributed by atoms with Gasteiger partial charge in [-0.3, -0.25) is 9.78 Å². The van der Waals surface area contributed by atoms with Crippen LogP contribution in [-0.2, 0) is 0 Å². The molecule has 1 aromatic heterocycles. The van der Waals surface area contributed by atoms with Gasteiger partial charge in [0.15, 0.2) is 0 Å². The molecule has 1 fully saturated rings. The lowest BCUT2D eigenvalue weighted by atomic mass is 10.2. The van der Waals surface area contributed by atoms with Crippen molar-refractivity contribution in [1.82, 2.24) is 14.8 Å². The lowest BCUT2D eigenvalue weighted by molar-refractivity contribution is 0.0755. The first-order chi connectivity index (χ1) is 9.22. The van der Waals surface area contributed by atoms with E-state index in [4.69, 9.17) is 0 Å². The number of pyridine rings is 1. The van der Waals surface area contributed by atoms with E-state index >= 15 is 0 Å². The molecule has 19 heavy (non-hydrogen) atoms. The van der Waals surface area contributed by atoms with Gasteiger partial charge in [0, 0.05) is 37.7 Å². The first-order valence-corrected chi connectivity index (χ1v) is 7.83. The van der Waals surface area contributed by atoms with Gasteiger partial charge < -0.3 is 9.80 Å². The number of nitrogens with zero attached hydrogens (tertiary/aromatic N) is 3. The number of carbonyl (C=O) groups excluding carboxylic acids is 1. The molecule has 2 rings (SSSR count). The Balaban J connectivity index is 2.02. The van der Waals surface area contributed by atoms with Crippen LogP contribution in [0.5, 0.6) is 0 Å². The Labute approximate surface area is 122 Å². The zero-order valence-corrected chi connectivity index (χ0v) is 12.9. The first-order valence-electron chi connectivity index (χ1n) is 6.71. The quantitative estimate of drug-likeness (QED) is 0.797. The summed E-state index contributed by atoms with van der Waals surface area (Å²) < 4.78 is 0. The number of aryl methyl sites for hydroxylation is 1. The third-order valence-corrected chi connectivity index (χ3v) is 3.84. The van der Waals surface area contributed by atoms with E-state index < -0.39 is 0 Å². The highest BCUT2D eigenvalue weighted by atomic mass is 79.9. The summed E-state index contributed by atoms with van der Waals surface area (Å²) >= 11 is 3.47. The maximum atomic E-state index is 12.5. The first kappa shape index (κ1) is 14.5. The van der Waals surface area contributed by atoms with Gasteiger partial charge in [-0.05, 0) is 31.5 Å². The molecule has 0 saturated carbocycles. The van der Waals surface area contributed by atoms with Crippen LogP contribution in [0.3, 0.4) is 0 Å². The molecule has 0 N–H and O–H groups in total. The highest BCUT2D eigenvalue weighted by molar-refractivity contribution is 9.09. The van der Waals surface area contributed by atoms with Gasteiger partial charge >= 0.3 is 0 Å². The minimum absolute atomic E-state index is 0.0683. The van der Waals surface area contributed by atoms with Crippen LogP contribution in [0.1, 0.15) is 22.5 Å². The standard InChI is InChI=1S/C14H20BrN3O/c1-12-4-2-6-16-13(12)14(19)18-8-3-7-17(9-5-15)10-11-18/h2,4,6H,3,5,7-11H2,1H3. The summed E-state index contributed by atoms with van der Waals surface area (Å²) in [6.45, 7) is 6.62. The molecule has 5 heteroatoms. The van der Waals surface area contributed by atoms with Crippen molar-refractivity contribution in [2.75, 3.05) is 38.1 Å². The maximum Gasteiger partial charge on any atom is 0.272 e. The van der Waals surface area contributed by atoms with Crippen molar-refractivity contribution < 1.29 is 4.79 Å². The van der Waals surface area contributed by atoms with Crippen molar-refractivity contribution in [3.63, 3.8) is 0 Å². The molecule has 0 radical (unpaired) electrons. The summed E-state index contributed by atoms with van der Waals surface area (Å²) in [6.07, 6.45) is 2.72. The average Bonchev–Trinajstić information content (AvgIpc) is 2.65. The number of hydrogen-bond donors (Lipinski definition) is 0. The highest BCUT2D eigenvalue weighted by Crippen LogP contribution is 2.10. The van der Waals surface area contributed by atoms with E-state index in [1.807, 2.05) is 24.0 Å². The predicted octanol–water partition coefficient (Wildman–Crippen LogP) is 1.93. The van der Waals surface area contributed by atoms with Gasteiger partial charge in [-0.15, -0.1) is 0 Å². The molecule has 4 nitrogen and oxygen atoms in total. The zero-order chi connectivity index (χ0) is 13.7. The Morgan fingerprint density at radius 3 is 2.95 bits per heavy atom. The minimum Gasteiger partial charge on any atom is -0.336 e. The molecule has 1 aliphatic heterocycles. The SMILES string of the molecule is Cc1cccnc1C(=O)N1CCCN(CCBr)CC1. The molecule has 1 aromatic rings. The Morgan fingerprint density at radius 2 is 2.21 bits per heavy atom. The molecule has 104 valence electrons. The van der Waals surface area contributed by atoms with Crippen molar-refractivity contribution in [2.45, 2.75) is 13.3 Å². The number of aromatic nitrogens is 1. The van der Waals surface area contributed by atoms with Crippen molar-refractivity contribution in [3.05, 3.63) is 29.6 Å². The van der Waals surface area contributed by atoms with E-state index in [0.29, 0.717) is 5.69 Å². The van der Waals surface area contributed by atoms with Gasteiger partial charge in [0.05, 0.1) is 0 Å². The van der Waals surface area contributed by atoms with Crippen LogP contribution in [-0.4, -0.2) is 58.7 Å². The predicted molar refractivity (Wildman–Crippen MR) is 79.7 cm³/mol. The van der Waals surface area contributed by atoms with Gasteiger partial charge in [0.2, 0.25) is 0 Å². The molecular formula is C14H20BrN3O. The third kappa shape index (κ3) is 3.76. The van der Waals surface area contributed by atoms with E-state index in [9.17, 15) is 4.79 Å². The number of amides is 1. The smallest absolute Gasteiger partial charge is 0.272 e. The molecule has 0 aromatic carbocycles. The number of rotatable bonds is 3. The zero-order valence-electron chi connectivity index (χ0n) is 11.3. The van der Waals surface area contributed by atoms with E-state index in [1.165, 1.54) is 0 Å². The van der Waals surface area contributed by atoms with Crippen LogP contribution in [0.2, 0.25) is 0 Å². The Hall–Kier alpha value is -0.940. The van der Waals surface area contributed by atoms with Crippen molar-refractivity contribution in [3.8, 4) is 0 Å². The van der Waals surface area contributed by atoms with Crippen LogP contribution in [0.4, 0.5) is 0 Å². The van der Waals surface area contributed by atoms with Gasteiger partial charge in [0.1, 0.15) is 5.69 Å². The van der Waals surface area contributed by atoms with Crippen molar-refractivity contribution in [2.24, 2.45) is 0 Å².